The van der Waals surface area contributed by atoms with Gasteiger partial charge in [-0.25, -0.2) is 4.79 Å². The third-order valence-corrected chi connectivity index (χ3v) is 10.3. The van der Waals surface area contributed by atoms with Crippen molar-refractivity contribution in [2.24, 2.45) is 17.8 Å². The second-order valence-electron chi connectivity index (χ2n) is 10.8. The number of para-hydroxylation sites is 1. The Bertz CT molecular complexity index is 1610. The van der Waals surface area contributed by atoms with E-state index < -0.39 is 63.0 Å². The number of carboxylic acid groups (broad SMARTS) is 1. The first-order chi connectivity index (χ1) is 19.4. The first kappa shape index (κ1) is 27.3. The lowest BCUT2D eigenvalue weighted by Crippen LogP contribution is -2.60. The van der Waals surface area contributed by atoms with Crippen LogP contribution in [0.1, 0.15) is 34.7 Å². The Morgan fingerprint density at radius 2 is 1.73 bits per heavy atom. The summed E-state index contributed by atoms with van der Waals surface area (Å²) in [6.07, 6.45) is 1.66. The first-order valence-corrected chi connectivity index (χ1v) is 13.6. The monoisotopic (exact) mass is 598 g/mol. The number of benzene rings is 2. The Labute approximate surface area is 244 Å². The number of halogens is 2. The molecule has 2 N–H and O–H groups in total. The van der Waals surface area contributed by atoms with E-state index in [1.807, 2.05) is 0 Å². The molecule has 0 radical (unpaired) electrons. The van der Waals surface area contributed by atoms with E-state index in [1.165, 1.54) is 44.5 Å². The molecule has 10 nitrogen and oxygen atoms in total. The van der Waals surface area contributed by atoms with E-state index in [0.717, 1.165) is 9.80 Å². The molecule has 2 saturated heterocycles. The minimum Gasteiger partial charge on any atom is -0.504 e. The van der Waals surface area contributed by atoms with Gasteiger partial charge in [-0.2, -0.15) is 0 Å². The molecule has 2 aromatic carbocycles. The van der Waals surface area contributed by atoms with Crippen molar-refractivity contribution in [1.29, 1.82) is 0 Å². The lowest BCUT2D eigenvalue weighted by molar-refractivity contribution is -0.138. The number of aromatic hydroxyl groups is 1. The molecule has 0 unspecified atom stereocenters. The largest absolute Gasteiger partial charge is 0.504 e. The van der Waals surface area contributed by atoms with Gasteiger partial charge in [-0.3, -0.25) is 29.0 Å². The molecule has 6 atom stereocenters. The molecule has 41 heavy (non-hydrogen) atoms. The van der Waals surface area contributed by atoms with Crippen LogP contribution in [0.2, 0.25) is 0 Å². The Morgan fingerprint density at radius 1 is 1.02 bits per heavy atom. The van der Waals surface area contributed by atoms with Crippen molar-refractivity contribution in [3.63, 3.8) is 0 Å². The van der Waals surface area contributed by atoms with Crippen LogP contribution >= 0.6 is 23.2 Å². The Balaban J connectivity index is 1.52. The summed E-state index contributed by atoms with van der Waals surface area (Å²) in [5.41, 5.74) is 0.735. The van der Waals surface area contributed by atoms with E-state index in [1.54, 1.807) is 18.2 Å². The number of fused-ring (bicyclic) bond motifs is 4. The molecule has 4 aliphatic rings. The zero-order valence-corrected chi connectivity index (χ0v) is 23.3. The number of likely N-dealkylation sites (tertiary alicyclic amines) is 1. The molecule has 2 aromatic rings. The third-order valence-electron chi connectivity index (χ3n) is 8.93. The normalized spacial score (nSPS) is 32.4. The molecule has 3 fully saturated rings. The van der Waals surface area contributed by atoms with Crippen LogP contribution in [0, 0.1) is 17.8 Å². The first-order valence-electron chi connectivity index (χ1n) is 12.9. The summed E-state index contributed by atoms with van der Waals surface area (Å²) in [6.45, 7) is 0. The highest BCUT2D eigenvalue weighted by molar-refractivity contribution is 6.53. The van der Waals surface area contributed by atoms with Crippen molar-refractivity contribution in [1.82, 2.24) is 4.90 Å². The van der Waals surface area contributed by atoms with Crippen LogP contribution in [0.5, 0.6) is 11.5 Å². The van der Waals surface area contributed by atoms with E-state index in [2.05, 4.69) is 0 Å². The highest BCUT2D eigenvalue weighted by Crippen LogP contribution is 2.66. The number of alkyl halides is 2. The molecule has 12 heteroatoms. The average molecular weight is 599 g/mol. The summed E-state index contributed by atoms with van der Waals surface area (Å²) < 4.78 is 5.29. The van der Waals surface area contributed by atoms with Crippen molar-refractivity contribution < 1.29 is 38.9 Å². The molecule has 0 bridgehead atoms. The van der Waals surface area contributed by atoms with Gasteiger partial charge >= 0.3 is 5.97 Å². The summed E-state index contributed by atoms with van der Waals surface area (Å²) in [7, 11) is 2.64. The van der Waals surface area contributed by atoms with Crippen LogP contribution in [0.3, 0.4) is 0 Å². The number of hydrogen-bond donors (Lipinski definition) is 2. The molecule has 6 rings (SSSR count). The number of imide groups is 2. The van der Waals surface area contributed by atoms with Crippen molar-refractivity contribution >= 4 is 58.5 Å². The molecule has 0 aromatic heterocycles. The maximum atomic E-state index is 14.0. The molecule has 1 saturated carbocycles. The van der Waals surface area contributed by atoms with Gasteiger partial charge in [0.15, 0.2) is 21.2 Å². The zero-order chi connectivity index (χ0) is 29.6. The van der Waals surface area contributed by atoms with Gasteiger partial charge in [-0.05, 0) is 43.0 Å². The topological polar surface area (TPSA) is 142 Å². The summed E-state index contributed by atoms with van der Waals surface area (Å²) in [5, 5.41) is 20.6. The van der Waals surface area contributed by atoms with Crippen LogP contribution < -0.4 is 9.64 Å². The van der Waals surface area contributed by atoms with Crippen molar-refractivity contribution in [2.75, 3.05) is 19.1 Å². The number of nitrogens with zero attached hydrogens (tertiary/aromatic N) is 2. The third kappa shape index (κ3) is 3.40. The maximum Gasteiger partial charge on any atom is 0.335 e. The van der Waals surface area contributed by atoms with Gasteiger partial charge in [-0.1, -0.05) is 29.8 Å². The van der Waals surface area contributed by atoms with Crippen molar-refractivity contribution in [2.45, 2.75) is 28.5 Å². The fraction of sp³-hybridized carbons (Fsp3) is 0.345. The van der Waals surface area contributed by atoms with Crippen LogP contribution in [0.25, 0.3) is 0 Å². The summed E-state index contributed by atoms with van der Waals surface area (Å²) in [5.74, 6) is -7.64. The summed E-state index contributed by atoms with van der Waals surface area (Å²) in [6, 6.07) is 10.2. The van der Waals surface area contributed by atoms with Gasteiger partial charge in [0.2, 0.25) is 11.8 Å². The molecule has 2 aliphatic carbocycles. The number of anilines is 1. The number of phenols is 1. The number of hydrogen-bond acceptors (Lipinski definition) is 7. The van der Waals surface area contributed by atoms with Crippen molar-refractivity contribution in [3.05, 3.63) is 65.2 Å². The molecular weight excluding hydrogens is 575 g/mol. The quantitative estimate of drug-likeness (QED) is 0.310. The highest BCUT2D eigenvalue weighted by Gasteiger charge is 2.76. The Hall–Kier alpha value is -3.89. The lowest BCUT2D eigenvalue weighted by atomic mass is 9.56. The number of phenolic OH excluding ortho intramolecular Hbond substituents is 1. The number of rotatable bonds is 4. The number of carbonyl (C=O) groups is 5. The predicted octanol–water partition coefficient (Wildman–Crippen LogP) is 3.29. The minimum atomic E-state index is -2.04. The number of aromatic carboxylic acids is 1. The second kappa shape index (κ2) is 9.06. The van der Waals surface area contributed by atoms with Crippen molar-refractivity contribution in [3.8, 4) is 11.5 Å². The van der Waals surface area contributed by atoms with Crippen LogP contribution in [0.4, 0.5) is 5.69 Å². The van der Waals surface area contributed by atoms with Crippen LogP contribution in [-0.2, 0) is 19.2 Å². The van der Waals surface area contributed by atoms with Gasteiger partial charge in [0.1, 0.15) is 0 Å². The van der Waals surface area contributed by atoms with E-state index in [0.29, 0.717) is 5.57 Å². The number of allylic oxidation sites excluding steroid dienone is 2. The van der Waals surface area contributed by atoms with Gasteiger partial charge < -0.3 is 14.9 Å². The van der Waals surface area contributed by atoms with Gasteiger partial charge in [0.05, 0.1) is 30.2 Å². The van der Waals surface area contributed by atoms with Crippen LogP contribution in [-0.4, -0.2) is 68.6 Å². The van der Waals surface area contributed by atoms with E-state index in [-0.39, 0.29) is 41.2 Å². The number of methoxy groups -OCH3 is 1. The molecule has 0 spiro atoms. The van der Waals surface area contributed by atoms with E-state index in [4.69, 9.17) is 27.9 Å². The second-order valence-corrected chi connectivity index (χ2v) is 12.0. The van der Waals surface area contributed by atoms with Crippen LogP contribution in [0.15, 0.2) is 54.1 Å². The summed E-state index contributed by atoms with van der Waals surface area (Å²) >= 11 is 14.2. The minimum absolute atomic E-state index is 0.0900. The standard InChI is InChI=1S/C29H24Cl2N2O8/c1-32-26(39)28(30)12-18-15(21(29(28,31)27(32)40)17-7-4-8-19(41-2)22(17)34)9-10-16-20(18)24(36)33(23(16)35)14-6-3-5-13(11-14)25(37)38/h3-9,11,16,18,20-21,34H,10,12H2,1-2H3,(H,37,38)/t16-,18+,20-,21+,28+,29-/m0/s1. The fourth-order valence-corrected chi connectivity index (χ4v) is 8.07. The number of amides is 4. The number of carboxylic acids is 1. The zero-order valence-electron chi connectivity index (χ0n) is 21.8. The van der Waals surface area contributed by atoms with Gasteiger partial charge in [-0.15, -0.1) is 23.2 Å². The van der Waals surface area contributed by atoms with E-state index >= 15 is 0 Å². The number of carbonyl (C=O) groups excluding carboxylic acids is 4. The van der Waals surface area contributed by atoms with Gasteiger partial charge in [0.25, 0.3) is 11.8 Å². The smallest absolute Gasteiger partial charge is 0.335 e. The molecule has 4 amide bonds. The number of ether oxygens (including phenoxy) is 1. The summed E-state index contributed by atoms with van der Waals surface area (Å²) in [4.78, 5) is 64.2. The average Bonchev–Trinajstić information content (AvgIpc) is 3.28. The Kier molecular flexibility index (Phi) is 6.03. The maximum absolute atomic E-state index is 14.0. The lowest BCUT2D eigenvalue weighted by Gasteiger charge is -2.50. The fourth-order valence-electron chi connectivity index (χ4n) is 7.06. The SMILES string of the molecule is COc1cccc([C@H]2C3=CC[C@@H]4C(=O)N(c5cccc(C(=O)O)c5)C(=O)[C@@H]4[C@@H]3C[C@@]3(Cl)C(=O)N(C)C(=O)[C@@]23Cl)c1O. The molecule has 2 heterocycles. The molecular formula is C29H24Cl2N2O8. The predicted molar refractivity (Wildman–Crippen MR) is 146 cm³/mol. The van der Waals surface area contributed by atoms with Gasteiger partial charge in [0, 0.05) is 18.5 Å². The molecule has 212 valence electrons. The highest BCUT2D eigenvalue weighted by atomic mass is 35.5. The molecule has 2 aliphatic heterocycles. The Morgan fingerprint density at radius 3 is 2.41 bits per heavy atom. The van der Waals surface area contributed by atoms with E-state index in [9.17, 15) is 34.2 Å².